The third kappa shape index (κ3) is 3.53. The highest BCUT2D eigenvalue weighted by Gasteiger charge is 2.38. The van der Waals surface area contributed by atoms with E-state index >= 15 is 0 Å². The number of carbonyl (C=O) groups excluding carboxylic acids is 1. The molecule has 29 heavy (non-hydrogen) atoms. The van der Waals surface area contributed by atoms with E-state index in [1.165, 1.54) is 0 Å². The molecule has 2 aromatic rings. The Kier molecular flexibility index (Phi) is 4.90. The highest BCUT2D eigenvalue weighted by atomic mass is 32.2. The number of hydrogen-bond donors (Lipinski definition) is 0. The van der Waals surface area contributed by atoms with Gasteiger partial charge in [-0.2, -0.15) is 0 Å². The molecule has 0 aliphatic carbocycles. The molecular formula is C21H24N2O5S. The number of rotatable bonds is 4. The van der Waals surface area contributed by atoms with E-state index in [9.17, 15) is 13.2 Å². The fourth-order valence-corrected chi connectivity index (χ4v) is 5.24. The molecule has 0 radical (unpaired) electrons. The van der Waals surface area contributed by atoms with Crippen LogP contribution in [-0.2, 0) is 21.2 Å². The second-order valence-corrected chi connectivity index (χ2v) is 9.31. The largest absolute Gasteiger partial charge is 0.486 e. The molecule has 2 heterocycles. The van der Waals surface area contributed by atoms with E-state index in [1.807, 2.05) is 31.2 Å². The highest BCUT2D eigenvalue weighted by Crippen LogP contribution is 2.37. The van der Waals surface area contributed by atoms with Crippen molar-refractivity contribution in [1.82, 2.24) is 0 Å². The van der Waals surface area contributed by atoms with E-state index in [-0.39, 0.29) is 11.9 Å². The fraction of sp³-hybridized carbons (Fsp3) is 0.381. The van der Waals surface area contributed by atoms with Crippen LogP contribution < -0.4 is 18.7 Å². The van der Waals surface area contributed by atoms with Crippen LogP contribution in [0.25, 0.3) is 0 Å². The predicted octanol–water partition coefficient (Wildman–Crippen LogP) is 2.59. The zero-order chi connectivity index (χ0) is 20.8. The summed E-state index contributed by atoms with van der Waals surface area (Å²) >= 11 is 0. The molecule has 0 fully saturated rings. The Morgan fingerprint density at radius 1 is 1.14 bits per heavy atom. The van der Waals surface area contributed by atoms with Gasteiger partial charge in [0.15, 0.2) is 11.5 Å². The number of carbonyl (C=O) groups is 1. The molecule has 0 saturated heterocycles. The number of amides is 1. The Morgan fingerprint density at radius 3 is 2.55 bits per heavy atom. The van der Waals surface area contributed by atoms with Crippen LogP contribution in [0, 0.1) is 0 Å². The summed E-state index contributed by atoms with van der Waals surface area (Å²) in [5.74, 6) is 0.777. The van der Waals surface area contributed by atoms with E-state index in [0.29, 0.717) is 30.4 Å². The number of ether oxygens (including phenoxy) is 2. The highest BCUT2D eigenvalue weighted by molar-refractivity contribution is 7.92. The molecule has 8 heteroatoms. The van der Waals surface area contributed by atoms with Gasteiger partial charge in [-0.05, 0) is 44.0 Å². The van der Waals surface area contributed by atoms with Crippen molar-refractivity contribution in [2.24, 2.45) is 0 Å². The zero-order valence-corrected chi connectivity index (χ0v) is 17.5. The van der Waals surface area contributed by atoms with E-state index in [4.69, 9.17) is 9.47 Å². The first-order valence-electron chi connectivity index (χ1n) is 9.57. The minimum atomic E-state index is -3.72. The average molecular weight is 416 g/mol. The van der Waals surface area contributed by atoms with Gasteiger partial charge >= 0.3 is 0 Å². The smallest absolute Gasteiger partial charge is 0.250 e. The summed E-state index contributed by atoms with van der Waals surface area (Å²) in [6, 6.07) is 11.7. The lowest BCUT2D eigenvalue weighted by molar-refractivity contribution is -0.119. The van der Waals surface area contributed by atoms with Crippen LogP contribution in [0.15, 0.2) is 42.5 Å². The normalized spacial score (nSPS) is 18.9. The van der Waals surface area contributed by atoms with Crippen molar-refractivity contribution in [3.05, 3.63) is 48.0 Å². The molecule has 1 amide bonds. The maximum Gasteiger partial charge on any atom is 0.250 e. The van der Waals surface area contributed by atoms with Crippen molar-refractivity contribution in [1.29, 1.82) is 0 Å². The maximum atomic E-state index is 13.4. The second-order valence-electron chi connectivity index (χ2n) is 7.45. The third-order valence-electron chi connectivity index (χ3n) is 5.29. The molecule has 0 aromatic heterocycles. The minimum Gasteiger partial charge on any atom is -0.486 e. The number of hydrogen-bond acceptors (Lipinski definition) is 5. The number of nitrogens with zero attached hydrogens (tertiary/aromatic N) is 2. The Labute approximate surface area is 170 Å². The summed E-state index contributed by atoms with van der Waals surface area (Å²) in [6.45, 7) is 4.43. The van der Waals surface area contributed by atoms with Gasteiger partial charge in [-0.15, -0.1) is 0 Å². The molecule has 2 aliphatic heterocycles. The number of sulfonamides is 1. The van der Waals surface area contributed by atoms with Crippen molar-refractivity contribution in [2.75, 3.05) is 28.7 Å². The van der Waals surface area contributed by atoms with Crippen molar-refractivity contribution in [2.45, 2.75) is 32.4 Å². The van der Waals surface area contributed by atoms with Crippen LogP contribution in [0.5, 0.6) is 11.5 Å². The number of benzene rings is 2. The van der Waals surface area contributed by atoms with Gasteiger partial charge < -0.3 is 14.4 Å². The topological polar surface area (TPSA) is 76.2 Å². The summed E-state index contributed by atoms with van der Waals surface area (Å²) in [5, 5.41) is 0. The van der Waals surface area contributed by atoms with E-state index in [1.54, 1.807) is 30.0 Å². The zero-order valence-electron chi connectivity index (χ0n) is 16.7. The first-order chi connectivity index (χ1) is 13.8. The van der Waals surface area contributed by atoms with Gasteiger partial charge in [0.1, 0.15) is 19.3 Å². The van der Waals surface area contributed by atoms with Crippen molar-refractivity contribution >= 4 is 27.3 Å². The van der Waals surface area contributed by atoms with Gasteiger partial charge in [-0.3, -0.25) is 9.10 Å². The first kappa shape index (κ1) is 19.6. The molecule has 7 nitrogen and oxygen atoms in total. The molecule has 0 N–H and O–H groups in total. The Bertz CT molecular complexity index is 1050. The minimum absolute atomic E-state index is 0.0379. The van der Waals surface area contributed by atoms with Crippen molar-refractivity contribution in [3.63, 3.8) is 0 Å². The van der Waals surface area contributed by atoms with Crippen LogP contribution in [0.1, 0.15) is 19.4 Å². The van der Waals surface area contributed by atoms with Gasteiger partial charge in [0, 0.05) is 17.8 Å². The van der Waals surface area contributed by atoms with Crippen molar-refractivity contribution < 1.29 is 22.7 Å². The lowest BCUT2D eigenvalue weighted by atomic mass is 10.1. The Hall–Kier alpha value is -2.74. The second kappa shape index (κ2) is 7.26. The van der Waals surface area contributed by atoms with Crippen LogP contribution in [-0.4, -0.2) is 45.9 Å². The lowest BCUT2D eigenvalue weighted by Crippen LogP contribution is -2.51. The van der Waals surface area contributed by atoms with Gasteiger partial charge in [0.05, 0.1) is 11.9 Å². The number of para-hydroxylation sites is 1. The van der Waals surface area contributed by atoms with Gasteiger partial charge in [-0.25, -0.2) is 8.42 Å². The van der Waals surface area contributed by atoms with Crippen LogP contribution in [0.4, 0.5) is 11.4 Å². The maximum absolute atomic E-state index is 13.4. The summed E-state index contributed by atoms with van der Waals surface area (Å²) in [6.07, 6.45) is 1.85. The molecule has 2 aliphatic rings. The summed E-state index contributed by atoms with van der Waals surface area (Å²) in [7, 11) is -3.72. The molecule has 0 bridgehead atoms. The van der Waals surface area contributed by atoms with E-state index < -0.39 is 16.1 Å². The van der Waals surface area contributed by atoms with Gasteiger partial charge in [0.2, 0.25) is 10.0 Å². The van der Waals surface area contributed by atoms with E-state index in [0.717, 1.165) is 28.2 Å². The van der Waals surface area contributed by atoms with Crippen LogP contribution >= 0.6 is 0 Å². The Balaban J connectivity index is 1.70. The summed E-state index contributed by atoms with van der Waals surface area (Å²) in [5.41, 5.74) is 2.30. The quantitative estimate of drug-likeness (QED) is 0.766. The standard InChI is InChI=1S/C21H24N2O5S/c1-14-12-16-6-4-5-7-18(16)22(14)21(24)15(2)23(29(3,25)26)17-8-9-19-20(13-17)28-11-10-27-19/h4-9,13-15H,10-12H2,1-3H3/t14-,15+/m0/s1. The monoisotopic (exact) mass is 416 g/mol. The number of anilines is 2. The fourth-order valence-electron chi connectivity index (χ4n) is 4.07. The number of fused-ring (bicyclic) bond motifs is 2. The predicted molar refractivity (Wildman–Crippen MR) is 111 cm³/mol. The summed E-state index contributed by atoms with van der Waals surface area (Å²) < 4.78 is 37.6. The van der Waals surface area contributed by atoms with Crippen LogP contribution in [0.2, 0.25) is 0 Å². The summed E-state index contributed by atoms with van der Waals surface area (Å²) in [4.78, 5) is 15.1. The molecule has 0 unspecified atom stereocenters. The van der Waals surface area contributed by atoms with Crippen molar-refractivity contribution in [3.8, 4) is 11.5 Å². The molecule has 2 aromatic carbocycles. The van der Waals surface area contributed by atoms with Gasteiger partial charge in [-0.1, -0.05) is 18.2 Å². The molecular weight excluding hydrogens is 392 g/mol. The lowest BCUT2D eigenvalue weighted by Gasteiger charge is -2.33. The average Bonchev–Trinajstić information content (AvgIpc) is 3.02. The SMILES string of the molecule is C[C@H](C(=O)N1c2ccccc2C[C@@H]1C)N(c1ccc2c(c1)OCCO2)S(C)(=O)=O. The molecule has 0 spiro atoms. The molecule has 4 rings (SSSR count). The molecule has 154 valence electrons. The Morgan fingerprint density at radius 2 is 1.83 bits per heavy atom. The van der Waals surface area contributed by atoms with Crippen LogP contribution in [0.3, 0.4) is 0 Å². The molecule has 0 saturated carbocycles. The third-order valence-corrected chi connectivity index (χ3v) is 6.53. The van der Waals surface area contributed by atoms with Gasteiger partial charge in [0.25, 0.3) is 5.91 Å². The van der Waals surface area contributed by atoms with E-state index in [2.05, 4.69) is 0 Å². The molecule has 2 atom stereocenters. The first-order valence-corrected chi connectivity index (χ1v) is 11.4.